The summed E-state index contributed by atoms with van der Waals surface area (Å²) in [5.41, 5.74) is 4.44. The van der Waals surface area contributed by atoms with Crippen LogP contribution in [0.15, 0.2) is 79.4 Å². The van der Waals surface area contributed by atoms with Gasteiger partial charge in [0.25, 0.3) is 5.91 Å². The first-order chi connectivity index (χ1) is 17.5. The largest absolute Gasteiger partial charge is 0.484 e. The van der Waals surface area contributed by atoms with Gasteiger partial charge >= 0.3 is 0 Å². The van der Waals surface area contributed by atoms with E-state index in [9.17, 15) is 4.79 Å². The average Bonchev–Trinajstić information content (AvgIpc) is 3.43. The van der Waals surface area contributed by atoms with E-state index >= 15 is 0 Å². The Morgan fingerprint density at radius 3 is 2.64 bits per heavy atom. The molecule has 3 N–H and O–H groups in total. The second-order valence-electron chi connectivity index (χ2n) is 8.52. The number of H-pyrrole nitrogens is 1. The molecular formula is C27H25N7O2. The highest BCUT2D eigenvalue weighted by Crippen LogP contribution is 2.29. The highest BCUT2D eigenvalue weighted by molar-refractivity contribution is 5.91. The van der Waals surface area contributed by atoms with Crippen molar-refractivity contribution < 1.29 is 9.53 Å². The van der Waals surface area contributed by atoms with Crippen molar-refractivity contribution in [3.8, 4) is 28.3 Å². The van der Waals surface area contributed by atoms with Crippen molar-refractivity contribution in [1.82, 2.24) is 30.5 Å². The summed E-state index contributed by atoms with van der Waals surface area (Å²) in [5.74, 6) is 1.57. The molecule has 3 aromatic heterocycles. The number of amides is 1. The minimum absolute atomic E-state index is 0.0554. The fraction of sp³-hybridized carbons (Fsp3) is 0.148. The van der Waals surface area contributed by atoms with Gasteiger partial charge in [-0.3, -0.25) is 14.9 Å². The molecule has 0 unspecified atom stereocenters. The van der Waals surface area contributed by atoms with Crippen molar-refractivity contribution in [2.24, 2.45) is 0 Å². The molecule has 0 radical (unpaired) electrons. The van der Waals surface area contributed by atoms with Crippen LogP contribution in [0.4, 0.5) is 11.5 Å². The number of nitrogens with one attached hydrogen (secondary N) is 3. The number of anilines is 2. The smallest absolute Gasteiger partial charge is 0.258 e. The minimum atomic E-state index is -0.172. The van der Waals surface area contributed by atoms with Gasteiger partial charge in [-0.2, -0.15) is 5.10 Å². The van der Waals surface area contributed by atoms with Crippen molar-refractivity contribution in [2.75, 3.05) is 11.9 Å². The Kier molecular flexibility index (Phi) is 6.53. The number of hydrogen-bond acceptors (Lipinski definition) is 7. The van der Waals surface area contributed by atoms with Gasteiger partial charge in [0.1, 0.15) is 11.6 Å². The molecule has 0 fully saturated rings. The number of carbonyl (C=O) groups excluding carboxylic acids is 1. The van der Waals surface area contributed by atoms with Gasteiger partial charge in [0.05, 0.1) is 17.9 Å². The van der Waals surface area contributed by atoms with Crippen LogP contribution in [0.5, 0.6) is 5.75 Å². The third-order valence-corrected chi connectivity index (χ3v) is 5.39. The van der Waals surface area contributed by atoms with Crippen LogP contribution in [-0.2, 0) is 4.79 Å². The van der Waals surface area contributed by atoms with Crippen LogP contribution < -0.4 is 15.4 Å². The first-order valence-electron chi connectivity index (χ1n) is 11.6. The van der Waals surface area contributed by atoms with Crippen molar-refractivity contribution >= 4 is 28.3 Å². The number of aromatic amines is 1. The number of carbonyl (C=O) groups is 1. The first kappa shape index (κ1) is 23.0. The van der Waals surface area contributed by atoms with E-state index in [0.29, 0.717) is 22.9 Å². The van der Waals surface area contributed by atoms with Gasteiger partial charge in [-0.25, -0.2) is 9.97 Å². The summed E-state index contributed by atoms with van der Waals surface area (Å²) in [6.45, 7) is 3.75. The molecule has 0 aliphatic rings. The van der Waals surface area contributed by atoms with Gasteiger partial charge in [0, 0.05) is 40.6 Å². The Hall–Kier alpha value is -4.79. The molecule has 1 amide bonds. The molecule has 0 aliphatic heterocycles. The number of benzene rings is 2. The topological polar surface area (TPSA) is 118 Å². The third-order valence-electron chi connectivity index (χ3n) is 5.39. The van der Waals surface area contributed by atoms with Crippen molar-refractivity contribution in [2.45, 2.75) is 19.9 Å². The van der Waals surface area contributed by atoms with Crippen LogP contribution in [0.25, 0.3) is 33.4 Å². The molecule has 5 aromatic rings. The zero-order valence-electron chi connectivity index (χ0n) is 19.9. The number of pyridine rings is 1. The van der Waals surface area contributed by atoms with E-state index in [-0.39, 0.29) is 18.6 Å². The molecule has 36 heavy (non-hydrogen) atoms. The summed E-state index contributed by atoms with van der Waals surface area (Å²) in [4.78, 5) is 25.7. The number of hydrogen-bond donors (Lipinski definition) is 3. The quantitative estimate of drug-likeness (QED) is 0.294. The van der Waals surface area contributed by atoms with E-state index in [0.717, 1.165) is 27.8 Å². The van der Waals surface area contributed by atoms with Gasteiger partial charge in [0.15, 0.2) is 12.4 Å². The summed E-state index contributed by atoms with van der Waals surface area (Å²) in [6.07, 6.45) is 7.07. The Morgan fingerprint density at radius 1 is 1.00 bits per heavy atom. The molecular weight excluding hydrogens is 454 g/mol. The molecule has 9 heteroatoms. The summed E-state index contributed by atoms with van der Waals surface area (Å²) in [7, 11) is 0. The lowest BCUT2D eigenvalue weighted by molar-refractivity contribution is -0.123. The normalized spacial score (nSPS) is 11.0. The van der Waals surface area contributed by atoms with E-state index in [1.807, 2.05) is 68.6 Å². The lowest BCUT2D eigenvalue weighted by atomic mass is 10.1. The maximum Gasteiger partial charge on any atom is 0.258 e. The Balaban J connectivity index is 1.42. The molecule has 3 heterocycles. The second-order valence-corrected chi connectivity index (χ2v) is 8.52. The zero-order chi connectivity index (χ0) is 24.9. The first-order valence-corrected chi connectivity index (χ1v) is 11.6. The number of rotatable bonds is 8. The van der Waals surface area contributed by atoms with Crippen LogP contribution >= 0.6 is 0 Å². The molecule has 0 saturated heterocycles. The molecule has 0 aliphatic carbocycles. The van der Waals surface area contributed by atoms with E-state index < -0.39 is 0 Å². The van der Waals surface area contributed by atoms with Crippen LogP contribution in [0.1, 0.15) is 13.8 Å². The maximum absolute atomic E-state index is 12.0. The third kappa shape index (κ3) is 5.30. The summed E-state index contributed by atoms with van der Waals surface area (Å²) >= 11 is 0. The molecule has 0 saturated carbocycles. The summed E-state index contributed by atoms with van der Waals surface area (Å²) in [5, 5.41) is 13.9. The summed E-state index contributed by atoms with van der Waals surface area (Å²) < 4.78 is 5.68. The monoisotopic (exact) mass is 479 g/mol. The molecule has 0 atom stereocenters. The molecule has 5 rings (SSSR count). The predicted octanol–water partition coefficient (Wildman–Crippen LogP) is 4.73. The fourth-order valence-corrected chi connectivity index (χ4v) is 3.73. The van der Waals surface area contributed by atoms with Crippen molar-refractivity contribution in [3.05, 3.63) is 79.4 Å². The Labute approximate surface area is 208 Å². The lowest BCUT2D eigenvalue weighted by Crippen LogP contribution is -2.34. The van der Waals surface area contributed by atoms with Gasteiger partial charge in [-0.1, -0.05) is 24.3 Å². The molecule has 0 spiro atoms. The predicted molar refractivity (Wildman–Crippen MR) is 139 cm³/mol. The van der Waals surface area contributed by atoms with E-state index in [4.69, 9.17) is 14.7 Å². The van der Waals surface area contributed by atoms with E-state index in [2.05, 4.69) is 25.8 Å². The zero-order valence-corrected chi connectivity index (χ0v) is 19.9. The van der Waals surface area contributed by atoms with Crippen molar-refractivity contribution in [3.63, 3.8) is 0 Å². The molecule has 180 valence electrons. The number of aromatic nitrogens is 5. The lowest BCUT2D eigenvalue weighted by Gasteiger charge is -2.12. The highest BCUT2D eigenvalue weighted by Gasteiger charge is 2.12. The number of fused-ring (bicyclic) bond motifs is 1. The fourth-order valence-electron chi connectivity index (χ4n) is 3.73. The highest BCUT2D eigenvalue weighted by atomic mass is 16.5. The molecule has 2 aromatic carbocycles. The molecule has 0 bridgehead atoms. The van der Waals surface area contributed by atoms with Crippen LogP contribution in [-0.4, -0.2) is 43.7 Å². The van der Waals surface area contributed by atoms with E-state index in [1.54, 1.807) is 24.7 Å². The Morgan fingerprint density at radius 2 is 1.86 bits per heavy atom. The number of ether oxygens (including phenoxy) is 1. The Bertz CT molecular complexity index is 1480. The van der Waals surface area contributed by atoms with Gasteiger partial charge in [-0.15, -0.1) is 0 Å². The minimum Gasteiger partial charge on any atom is -0.484 e. The summed E-state index contributed by atoms with van der Waals surface area (Å²) in [6, 6.07) is 17.4. The van der Waals surface area contributed by atoms with E-state index in [1.165, 1.54) is 0 Å². The standard InChI is InChI=1S/C27H25N7O2/c1-17(2)31-25(35)16-36-22-5-3-4-19(12-22)26-33-24-15-28-11-10-23(24)27(34-26)32-21-8-6-18(7-9-21)20-13-29-30-14-20/h3-15,17H,16H2,1-2H3,(H,29,30)(H,31,35)(H,32,33,34). The van der Waals surface area contributed by atoms with Gasteiger partial charge < -0.3 is 15.4 Å². The SMILES string of the molecule is CC(C)NC(=O)COc1cccc(-c2nc(Nc3ccc(-c4cn[nH]c4)cc3)c3ccncc3n2)c1. The van der Waals surface area contributed by atoms with Crippen molar-refractivity contribution in [1.29, 1.82) is 0 Å². The van der Waals surface area contributed by atoms with Crippen LogP contribution in [0.2, 0.25) is 0 Å². The van der Waals surface area contributed by atoms with Gasteiger partial charge in [0.2, 0.25) is 0 Å². The second kappa shape index (κ2) is 10.2. The number of nitrogens with zero attached hydrogens (tertiary/aromatic N) is 4. The average molecular weight is 480 g/mol. The van der Waals surface area contributed by atoms with Gasteiger partial charge in [-0.05, 0) is 49.7 Å². The van der Waals surface area contributed by atoms with Crippen LogP contribution in [0.3, 0.4) is 0 Å². The molecule has 9 nitrogen and oxygen atoms in total. The maximum atomic E-state index is 12.0. The van der Waals surface area contributed by atoms with Crippen LogP contribution in [0, 0.1) is 0 Å².